The zero-order valence-electron chi connectivity index (χ0n) is 14.2. The van der Waals surface area contributed by atoms with Crippen LogP contribution in [-0.4, -0.2) is 27.8 Å². The van der Waals surface area contributed by atoms with Gasteiger partial charge in [0.1, 0.15) is 18.1 Å². The number of hydrogen-bond acceptors (Lipinski definition) is 4. The van der Waals surface area contributed by atoms with Crippen molar-refractivity contribution in [2.75, 3.05) is 0 Å². The number of nitrogens with zero attached hydrogens (tertiary/aromatic N) is 3. The Morgan fingerprint density at radius 3 is 2.67 bits per heavy atom. The summed E-state index contributed by atoms with van der Waals surface area (Å²) in [7, 11) is 0. The standard InChI is InChI=1S/C19H16FN5O2/c20-15-8-4-7-14(9-15)19(27)23-22-10-17-16(13-5-2-1-3-6-13)11-25(24-17)12-18(21)26/h1-11H,12H2,(H2,21,26)(H,23,27). The topological polar surface area (TPSA) is 102 Å². The summed E-state index contributed by atoms with van der Waals surface area (Å²) >= 11 is 0. The molecule has 0 spiro atoms. The normalized spacial score (nSPS) is 10.9. The minimum atomic E-state index is -0.552. The minimum Gasteiger partial charge on any atom is -0.368 e. The fourth-order valence-electron chi connectivity index (χ4n) is 2.46. The molecule has 0 bridgehead atoms. The number of nitrogens with two attached hydrogens (primary N) is 1. The van der Waals surface area contributed by atoms with E-state index in [1.165, 1.54) is 29.1 Å². The van der Waals surface area contributed by atoms with Crippen molar-refractivity contribution in [2.45, 2.75) is 6.54 Å². The van der Waals surface area contributed by atoms with Gasteiger partial charge in [-0.15, -0.1) is 0 Å². The maximum Gasteiger partial charge on any atom is 0.271 e. The van der Waals surface area contributed by atoms with E-state index in [2.05, 4.69) is 15.6 Å². The lowest BCUT2D eigenvalue weighted by Crippen LogP contribution is -2.19. The highest BCUT2D eigenvalue weighted by atomic mass is 19.1. The lowest BCUT2D eigenvalue weighted by Gasteiger charge is -2.00. The van der Waals surface area contributed by atoms with Gasteiger partial charge < -0.3 is 5.73 Å². The highest BCUT2D eigenvalue weighted by Crippen LogP contribution is 2.21. The summed E-state index contributed by atoms with van der Waals surface area (Å²) in [6, 6.07) is 14.7. The molecule has 0 aliphatic heterocycles. The predicted molar refractivity (Wildman–Crippen MR) is 98.3 cm³/mol. The first kappa shape index (κ1) is 18.0. The number of carbonyl (C=O) groups excluding carboxylic acids is 2. The number of aromatic nitrogens is 2. The van der Waals surface area contributed by atoms with Crippen LogP contribution in [0.1, 0.15) is 16.1 Å². The highest BCUT2D eigenvalue weighted by molar-refractivity contribution is 5.95. The van der Waals surface area contributed by atoms with Crippen molar-refractivity contribution >= 4 is 18.0 Å². The highest BCUT2D eigenvalue weighted by Gasteiger charge is 2.11. The maximum absolute atomic E-state index is 13.2. The first-order valence-corrected chi connectivity index (χ1v) is 8.03. The van der Waals surface area contributed by atoms with Gasteiger partial charge in [-0.25, -0.2) is 9.82 Å². The SMILES string of the molecule is NC(=O)Cn1cc(-c2ccccc2)c(C=NNC(=O)c2cccc(F)c2)n1. The molecular formula is C19H16FN5O2. The second-order valence-corrected chi connectivity index (χ2v) is 5.67. The van der Waals surface area contributed by atoms with Crippen LogP contribution in [0.3, 0.4) is 0 Å². The molecule has 0 radical (unpaired) electrons. The number of amides is 2. The van der Waals surface area contributed by atoms with Gasteiger partial charge in [-0.1, -0.05) is 36.4 Å². The number of carbonyl (C=O) groups is 2. The van der Waals surface area contributed by atoms with Crippen molar-refractivity contribution in [3.8, 4) is 11.1 Å². The van der Waals surface area contributed by atoms with E-state index in [1.54, 1.807) is 6.20 Å². The average molecular weight is 365 g/mol. The molecule has 1 aromatic heterocycles. The minimum absolute atomic E-state index is 0.0800. The Morgan fingerprint density at radius 2 is 1.96 bits per heavy atom. The molecule has 0 aliphatic rings. The molecule has 2 amide bonds. The average Bonchev–Trinajstić information content (AvgIpc) is 3.04. The van der Waals surface area contributed by atoms with Crippen molar-refractivity contribution in [1.29, 1.82) is 0 Å². The molecule has 7 nitrogen and oxygen atoms in total. The van der Waals surface area contributed by atoms with Crippen molar-refractivity contribution in [3.05, 3.63) is 77.9 Å². The van der Waals surface area contributed by atoms with Crippen LogP contribution in [0.15, 0.2) is 65.9 Å². The maximum atomic E-state index is 13.2. The lowest BCUT2D eigenvalue weighted by atomic mass is 10.1. The Hall–Kier alpha value is -3.81. The fraction of sp³-hybridized carbons (Fsp3) is 0.0526. The lowest BCUT2D eigenvalue weighted by molar-refractivity contribution is -0.118. The largest absolute Gasteiger partial charge is 0.368 e. The molecular weight excluding hydrogens is 349 g/mol. The van der Waals surface area contributed by atoms with Gasteiger partial charge in [-0.2, -0.15) is 10.2 Å². The third-order valence-corrected chi connectivity index (χ3v) is 3.63. The molecule has 3 rings (SSSR count). The number of hydrazone groups is 1. The van der Waals surface area contributed by atoms with Gasteiger partial charge in [0.25, 0.3) is 5.91 Å². The predicted octanol–water partition coefficient (Wildman–Crippen LogP) is 1.94. The quantitative estimate of drug-likeness (QED) is 0.515. The summed E-state index contributed by atoms with van der Waals surface area (Å²) in [4.78, 5) is 23.2. The third-order valence-electron chi connectivity index (χ3n) is 3.63. The van der Waals surface area contributed by atoms with E-state index in [-0.39, 0.29) is 12.1 Å². The summed E-state index contributed by atoms with van der Waals surface area (Å²) in [5.74, 6) is -1.59. The summed E-state index contributed by atoms with van der Waals surface area (Å²) in [5.41, 5.74) is 9.73. The summed E-state index contributed by atoms with van der Waals surface area (Å²) in [5, 5.41) is 8.15. The van der Waals surface area contributed by atoms with E-state index in [4.69, 9.17) is 5.73 Å². The van der Waals surface area contributed by atoms with Crippen molar-refractivity contribution in [2.24, 2.45) is 10.8 Å². The van der Waals surface area contributed by atoms with E-state index in [1.807, 2.05) is 30.3 Å². The Balaban J connectivity index is 1.82. The van der Waals surface area contributed by atoms with Crippen molar-refractivity contribution < 1.29 is 14.0 Å². The van der Waals surface area contributed by atoms with Crippen LogP contribution in [0, 0.1) is 5.82 Å². The number of nitrogens with one attached hydrogen (secondary N) is 1. The van der Waals surface area contributed by atoms with Crippen LogP contribution in [0.25, 0.3) is 11.1 Å². The van der Waals surface area contributed by atoms with Crippen LogP contribution in [0.4, 0.5) is 4.39 Å². The zero-order chi connectivity index (χ0) is 19.2. The molecule has 3 aromatic rings. The first-order chi connectivity index (χ1) is 13.0. The third kappa shape index (κ3) is 4.63. The van der Waals surface area contributed by atoms with Gasteiger partial charge in [-0.05, 0) is 23.8 Å². The van der Waals surface area contributed by atoms with Crippen LogP contribution >= 0.6 is 0 Å². The number of primary amides is 1. The van der Waals surface area contributed by atoms with Gasteiger partial charge in [-0.3, -0.25) is 14.3 Å². The monoisotopic (exact) mass is 365 g/mol. The molecule has 0 atom stereocenters. The molecule has 0 saturated carbocycles. The molecule has 0 saturated heterocycles. The molecule has 0 aliphatic carbocycles. The summed E-state index contributed by atoms with van der Waals surface area (Å²) in [6.07, 6.45) is 3.03. The molecule has 1 heterocycles. The number of benzene rings is 2. The van der Waals surface area contributed by atoms with Gasteiger partial charge in [0, 0.05) is 17.3 Å². The van der Waals surface area contributed by atoms with Crippen LogP contribution in [-0.2, 0) is 11.3 Å². The fourth-order valence-corrected chi connectivity index (χ4v) is 2.46. The molecule has 136 valence electrons. The van der Waals surface area contributed by atoms with E-state index < -0.39 is 17.6 Å². The summed E-state index contributed by atoms with van der Waals surface area (Å²) < 4.78 is 14.6. The second kappa shape index (κ2) is 8.05. The van der Waals surface area contributed by atoms with Crippen LogP contribution < -0.4 is 11.2 Å². The van der Waals surface area contributed by atoms with Gasteiger partial charge in [0.05, 0.1) is 6.21 Å². The van der Waals surface area contributed by atoms with E-state index >= 15 is 0 Å². The van der Waals surface area contributed by atoms with Gasteiger partial charge in [0.2, 0.25) is 5.91 Å². The zero-order valence-corrected chi connectivity index (χ0v) is 14.2. The number of rotatable bonds is 6. The smallest absolute Gasteiger partial charge is 0.271 e. The van der Waals surface area contributed by atoms with Crippen LogP contribution in [0.5, 0.6) is 0 Å². The molecule has 2 aromatic carbocycles. The van der Waals surface area contributed by atoms with Gasteiger partial charge in [0.15, 0.2) is 0 Å². The molecule has 3 N–H and O–H groups in total. The Kier molecular flexibility index (Phi) is 5.36. The Morgan fingerprint density at radius 1 is 1.19 bits per heavy atom. The number of hydrogen-bond donors (Lipinski definition) is 2. The van der Waals surface area contributed by atoms with Crippen LogP contribution in [0.2, 0.25) is 0 Å². The summed E-state index contributed by atoms with van der Waals surface area (Å²) in [6.45, 7) is -0.0800. The first-order valence-electron chi connectivity index (χ1n) is 8.03. The molecule has 0 fully saturated rings. The van der Waals surface area contributed by atoms with E-state index in [9.17, 15) is 14.0 Å². The molecule has 8 heteroatoms. The van der Waals surface area contributed by atoms with E-state index in [0.29, 0.717) is 5.69 Å². The molecule has 27 heavy (non-hydrogen) atoms. The van der Waals surface area contributed by atoms with E-state index in [0.717, 1.165) is 17.2 Å². The van der Waals surface area contributed by atoms with Crippen molar-refractivity contribution in [3.63, 3.8) is 0 Å². The van der Waals surface area contributed by atoms with Crippen molar-refractivity contribution in [1.82, 2.24) is 15.2 Å². The molecule has 0 unspecified atom stereocenters. The number of halogens is 1. The second-order valence-electron chi connectivity index (χ2n) is 5.67. The van der Waals surface area contributed by atoms with Gasteiger partial charge >= 0.3 is 0 Å². The Bertz CT molecular complexity index is 998. The Labute approximate surface area is 154 Å².